The Bertz CT molecular complexity index is 293. The molecule has 0 aliphatic heterocycles. The van der Waals surface area contributed by atoms with Gasteiger partial charge in [0.05, 0.1) is 6.10 Å². The van der Waals surface area contributed by atoms with E-state index in [1.807, 2.05) is 0 Å². The summed E-state index contributed by atoms with van der Waals surface area (Å²) in [7, 11) is 2.71. The molecule has 0 spiro atoms. The molecule has 0 aromatic heterocycles. The maximum absolute atomic E-state index is 6.08. The Kier molecular flexibility index (Phi) is 9.93. The minimum atomic E-state index is -2.40. The fourth-order valence-electron chi connectivity index (χ4n) is 3.93. The molecule has 1 aliphatic rings. The summed E-state index contributed by atoms with van der Waals surface area (Å²) in [6.45, 7) is 7.55. The summed E-state index contributed by atoms with van der Waals surface area (Å²) in [4.78, 5) is 0. The van der Waals surface area contributed by atoms with Crippen molar-refractivity contribution in [1.29, 1.82) is 0 Å². The van der Waals surface area contributed by atoms with E-state index in [1.54, 1.807) is 21.3 Å². The maximum Gasteiger partial charge on any atom is 0.500 e. The quantitative estimate of drug-likeness (QED) is 0.516. The zero-order chi connectivity index (χ0) is 17.3. The second-order valence-electron chi connectivity index (χ2n) is 6.92. The third-order valence-electron chi connectivity index (χ3n) is 5.71. The Balaban J connectivity index is 2.45. The minimum Gasteiger partial charge on any atom is -0.378 e. The number of hydrogen-bond donors (Lipinski definition) is 0. The minimum absolute atomic E-state index is 0.441. The van der Waals surface area contributed by atoms with Crippen molar-refractivity contribution in [2.75, 3.05) is 27.9 Å². The van der Waals surface area contributed by atoms with Gasteiger partial charge in [-0.1, -0.05) is 33.1 Å². The first-order valence-electron chi connectivity index (χ1n) is 9.32. The Hall–Kier alpha value is 0.0569. The molecule has 138 valence electrons. The van der Waals surface area contributed by atoms with E-state index < -0.39 is 8.80 Å². The van der Waals surface area contributed by atoms with Gasteiger partial charge in [0.15, 0.2) is 0 Å². The van der Waals surface area contributed by atoms with Crippen LogP contribution in [0.15, 0.2) is 0 Å². The lowest BCUT2D eigenvalue weighted by Gasteiger charge is -2.37. The summed E-state index contributed by atoms with van der Waals surface area (Å²) in [6.07, 6.45) is 7.98. The molecule has 1 fully saturated rings. The van der Waals surface area contributed by atoms with Crippen LogP contribution in [0.2, 0.25) is 6.04 Å². The zero-order valence-electron chi connectivity index (χ0n) is 16.1. The van der Waals surface area contributed by atoms with Crippen LogP contribution in [0.25, 0.3) is 0 Å². The summed E-state index contributed by atoms with van der Waals surface area (Å²) in [6, 6.07) is 0.923. The molecule has 0 bridgehead atoms. The Morgan fingerprint density at radius 2 is 1.52 bits per heavy atom. The van der Waals surface area contributed by atoms with Crippen molar-refractivity contribution in [2.45, 2.75) is 71.4 Å². The second-order valence-corrected chi connectivity index (χ2v) is 10.0. The molecule has 0 radical (unpaired) electrons. The lowest BCUT2D eigenvalue weighted by Crippen LogP contribution is -2.43. The molecule has 1 saturated carbocycles. The van der Waals surface area contributed by atoms with Gasteiger partial charge >= 0.3 is 8.80 Å². The Labute approximate surface area is 144 Å². The van der Waals surface area contributed by atoms with Gasteiger partial charge in [-0.2, -0.15) is 0 Å². The molecule has 0 aromatic rings. The summed E-state index contributed by atoms with van der Waals surface area (Å²) < 4.78 is 22.7. The largest absolute Gasteiger partial charge is 0.500 e. The third kappa shape index (κ3) is 6.13. The van der Waals surface area contributed by atoms with Crippen molar-refractivity contribution in [1.82, 2.24) is 0 Å². The van der Waals surface area contributed by atoms with Gasteiger partial charge in [0.1, 0.15) is 0 Å². The van der Waals surface area contributed by atoms with Crippen LogP contribution in [-0.2, 0) is 18.0 Å². The highest BCUT2D eigenvalue weighted by Gasteiger charge is 2.39. The highest BCUT2D eigenvalue weighted by Crippen LogP contribution is 2.37. The first-order valence-corrected chi connectivity index (χ1v) is 11.3. The second kappa shape index (κ2) is 10.8. The van der Waals surface area contributed by atoms with Crippen LogP contribution in [0.4, 0.5) is 0 Å². The summed E-state index contributed by atoms with van der Waals surface area (Å²) in [5.41, 5.74) is 0. The predicted octanol–water partition coefficient (Wildman–Crippen LogP) is 4.51. The van der Waals surface area contributed by atoms with Crippen molar-refractivity contribution in [2.24, 2.45) is 17.8 Å². The van der Waals surface area contributed by atoms with Crippen molar-refractivity contribution < 1.29 is 18.0 Å². The number of ether oxygens (including phenoxy) is 1. The monoisotopic (exact) mass is 346 g/mol. The zero-order valence-corrected chi connectivity index (χ0v) is 17.1. The Morgan fingerprint density at radius 1 is 0.957 bits per heavy atom. The van der Waals surface area contributed by atoms with Crippen molar-refractivity contribution in [3.8, 4) is 0 Å². The topological polar surface area (TPSA) is 36.9 Å². The van der Waals surface area contributed by atoms with E-state index in [9.17, 15) is 0 Å². The lowest BCUT2D eigenvalue weighted by atomic mass is 9.75. The van der Waals surface area contributed by atoms with Crippen LogP contribution >= 0.6 is 0 Å². The maximum atomic E-state index is 6.08. The SMILES string of the molecule is CCOC(C(C)CC)C1CCC(CC[Si](OC)(OC)OC)CC1. The highest BCUT2D eigenvalue weighted by atomic mass is 28.4. The fraction of sp³-hybridized carbons (Fsp3) is 1.00. The van der Waals surface area contributed by atoms with E-state index in [2.05, 4.69) is 20.8 Å². The molecular weight excluding hydrogens is 308 g/mol. The van der Waals surface area contributed by atoms with Gasteiger partial charge in [-0.25, -0.2) is 0 Å². The Morgan fingerprint density at radius 3 is 1.96 bits per heavy atom. The van der Waals surface area contributed by atoms with E-state index >= 15 is 0 Å². The third-order valence-corrected chi connectivity index (χ3v) is 8.48. The molecular formula is C18H38O4Si. The average Bonchev–Trinajstić information content (AvgIpc) is 2.61. The van der Waals surface area contributed by atoms with Gasteiger partial charge < -0.3 is 18.0 Å². The van der Waals surface area contributed by atoms with Gasteiger partial charge in [-0.15, -0.1) is 0 Å². The standard InChI is InChI=1S/C18H38O4Si/c1-7-15(3)18(22-8-2)17-11-9-16(10-12-17)13-14-23(19-4,20-5)21-6/h15-18H,7-14H2,1-6H3. The van der Waals surface area contributed by atoms with Gasteiger partial charge in [0.25, 0.3) is 0 Å². The normalized spacial score (nSPS) is 25.3. The first kappa shape index (κ1) is 21.1. The van der Waals surface area contributed by atoms with E-state index in [4.69, 9.17) is 18.0 Å². The molecule has 1 rings (SSSR count). The van der Waals surface area contributed by atoms with Gasteiger partial charge in [-0.3, -0.25) is 0 Å². The summed E-state index contributed by atoms with van der Waals surface area (Å²) >= 11 is 0. The van der Waals surface area contributed by atoms with Crippen LogP contribution in [0.1, 0.15) is 59.3 Å². The van der Waals surface area contributed by atoms with Crippen molar-refractivity contribution in [3.63, 3.8) is 0 Å². The smallest absolute Gasteiger partial charge is 0.378 e. The molecule has 0 heterocycles. The average molecular weight is 347 g/mol. The molecule has 0 N–H and O–H groups in total. The number of rotatable bonds is 11. The molecule has 4 nitrogen and oxygen atoms in total. The summed E-state index contributed by atoms with van der Waals surface area (Å²) in [5.74, 6) is 2.17. The summed E-state index contributed by atoms with van der Waals surface area (Å²) in [5, 5.41) is 0. The van der Waals surface area contributed by atoms with Crippen LogP contribution in [0.5, 0.6) is 0 Å². The lowest BCUT2D eigenvalue weighted by molar-refractivity contribution is -0.0321. The molecule has 2 atom stereocenters. The van der Waals surface area contributed by atoms with Crippen molar-refractivity contribution in [3.05, 3.63) is 0 Å². The van der Waals surface area contributed by atoms with Crippen molar-refractivity contribution >= 4 is 8.80 Å². The van der Waals surface area contributed by atoms with Crippen LogP contribution in [-0.4, -0.2) is 42.8 Å². The van der Waals surface area contributed by atoms with Crippen LogP contribution in [0.3, 0.4) is 0 Å². The number of hydrogen-bond acceptors (Lipinski definition) is 4. The molecule has 0 aromatic carbocycles. The highest BCUT2D eigenvalue weighted by molar-refractivity contribution is 6.60. The van der Waals surface area contributed by atoms with Crippen LogP contribution < -0.4 is 0 Å². The molecule has 0 amide bonds. The first-order chi connectivity index (χ1) is 11.1. The van der Waals surface area contributed by atoms with Gasteiger partial charge in [-0.05, 0) is 43.9 Å². The van der Waals surface area contributed by atoms with E-state index in [1.165, 1.54) is 32.1 Å². The molecule has 0 saturated heterocycles. The molecule has 1 aliphatic carbocycles. The molecule has 2 unspecified atom stereocenters. The van der Waals surface area contributed by atoms with E-state index in [0.29, 0.717) is 12.0 Å². The van der Waals surface area contributed by atoms with Gasteiger partial charge in [0.2, 0.25) is 0 Å². The molecule has 5 heteroatoms. The molecule has 23 heavy (non-hydrogen) atoms. The van der Waals surface area contributed by atoms with E-state index in [-0.39, 0.29) is 0 Å². The van der Waals surface area contributed by atoms with E-state index in [0.717, 1.165) is 30.9 Å². The van der Waals surface area contributed by atoms with Crippen LogP contribution in [0, 0.1) is 17.8 Å². The fourth-order valence-corrected chi connectivity index (χ4v) is 5.81. The van der Waals surface area contributed by atoms with Gasteiger partial charge in [0, 0.05) is 34.0 Å². The predicted molar refractivity (Wildman–Crippen MR) is 96.5 cm³/mol.